The Kier molecular flexibility index (Phi) is 9.14. The molecule has 2 amide bonds. The molecule has 4 heterocycles. The molecule has 5 N–H and O–H groups in total. The van der Waals surface area contributed by atoms with Crippen molar-refractivity contribution in [3.05, 3.63) is 78.7 Å². The van der Waals surface area contributed by atoms with Crippen LogP contribution < -0.4 is 10.6 Å². The maximum atomic E-state index is 12.4. The van der Waals surface area contributed by atoms with Gasteiger partial charge in [-0.15, -0.1) is 0 Å². The van der Waals surface area contributed by atoms with E-state index in [9.17, 15) is 19.5 Å². The summed E-state index contributed by atoms with van der Waals surface area (Å²) in [6, 6.07) is 0. The molecule has 2 aliphatic rings. The van der Waals surface area contributed by atoms with Crippen molar-refractivity contribution in [3.8, 4) is 0 Å². The number of amides is 2. The Morgan fingerprint density at radius 2 is 1.31 bits per heavy atom. The molecule has 0 saturated heterocycles. The number of aliphatic carboxylic acids is 1. The van der Waals surface area contributed by atoms with Gasteiger partial charge in [-0.3, -0.25) is 14.4 Å². The van der Waals surface area contributed by atoms with Crippen molar-refractivity contribution < 1.29 is 19.5 Å². The number of allylic oxidation sites excluding steroid dienone is 2. The molecule has 0 aliphatic carbocycles. The van der Waals surface area contributed by atoms with E-state index in [0.29, 0.717) is 6.42 Å². The van der Waals surface area contributed by atoms with Crippen LogP contribution in [0.3, 0.4) is 0 Å². The number of carbonyl (C=O) groups is 3. The average Bonchev–Trinajstić information content (AvgIpc) is 3.57. The fourth-order valence-corrected chi connectivity index (χ4v) is 6.50. The van der Waals surface area contributed by atoms with E-state index < -0.39 is 5.97 Å². The Balaban J connectivity index is 1.81. The first-order chi connectivity index (χ1) is 19.9. The maximum Gasteiger partial charge on any atom is 0.303 e. The van der Waals surface area contributed by atoms with Gasteiger partial charge in [-0.1, -0.05) is 34.1 Å². The van der Waals surface area contributed by atoms with Crippen LogP contribution in [-0.2, 0) is 27.2 Å². The summed E-state index contributed by atoms with van der Waals surface area (Å²) in [5, 5.41) is 15.6. The van der Waals surface area contributed by atoms with Crippen LogP contribution in [0.2, 0.25) is 0 Å². The highest BCUT2D eigenvalue weighted by molar-refractivity contribution is 6.01. The molecule has 0 fully saturated rings. The van der Waals surface area contributed by atoms with Gasteiger partial charge in [0.15, 0.2) is 0 Å². The van der Waals surface area contributed by atoms with Crippen molar-refractivity contribution in [2.75, 3.05) is 0 Å². The molecule has 0 radical (unpaired) electrons. The van der Waals surface area contributed by atoms with Gasteiger partial charge in [0.25, 0.3) is 11.8 Å². The van der Waals surface area contributed by atoms with Crippen LogP contribution in [0.4, 0.5) is 0 Å². The van der Waals surface area contributed by atoms with Crippen LogP contribution >= 0.6 is 0 Å². The third-order valence-electron chi connectivity index (χ3n) is 8.77. The Hall–Kier alpha value is -4.07. The van der Waals surface area contributed by atoms with Crippen LogP contribution in [0.1, 0.15) is 118 Å². The highest BCUT2D eigenvalue weighted by atomic mass is 16.4. The molecule has 42 heavy (non-hydrogen) atoms. The van der Waals surface area contributed by atoms with Crippen LogP contribution in [0.25, 0.3) is 12.2 Å². The quantitative estimate of drug-likeness (QED) is 0.211. The van der Waals surface area contributed by atoms with E-state index in [2.05, 4.69) is 41.4 Å². The predicted octanol–water partition coefficient (Wildman–Crippen LogP) is 6.48. The highest BCUT2D eigenvalue weighted by Crippen LogP contribution is 2.35. The normalized spacial score (nSPS) is 18.1. The van der Waals surface area contributed by atoms with Crippen molar-refractivity contribution in [3.63, 3.8) is 0 Å². The molecule has 0 unspecified atom stereocenters. The van der Waals surface area contributed by atoms with E-state index >= 15 is 0 Å². The number of nitrogens with one attached hydrogen (secondary N) is 4. The minimum absolute atomic E-state index is 0.0196. The summed E-state index contributed by atoms with van der Waals surface area (Å²) >= 11 is 0. The molecule has 4 rings (SSSR count). The number of aromatic amines is 2. The molecule has 1 atom stereocenters. The lowest BCUT2D eigenvalue weighted by atomic mass is 9.91. The second kappa shape index (κ2) is 12.4. The number of H-pyrrole nitrogens is 2. The third kappa shape index (κ3) is 5.80. The second-order valence-corrected chi connectivity index (χ2v) is 11.5. The van der Waals surface area contributed by atoms with E-state index in [4.69, 9.17) is 0 Å². The molecule has 0 saturated carbocycles. The number of carboxylic acid groups (broad SMARTS) is 1. The van der Waals surface area contributed by atoms with Gasteiger partial charge in [-0.25, -0.2) is 0 Å². The zero-order valence-corrected chi connectivity index (χ0v) is 26.1. The summed E-state index contributed by atoms with van der Waals surface area (Å²) in [7, 11) is 0. The van der Waals surface area contributed by atoms with E-state index in [1.165, 1.54) is 5.56 Å². The average molecular weight is 573 g/mol. The van der Waals surface area contributed by atoms with Crippen LogP contribution in [0.15, 0.2) is 33.7 Å². The fourth-order valence-electron chi connectivity index (χ4n) is 6.50. The van der Waals surface area contributed by atoms with Crippen molar-refractivity contribution in [2.24, 2.45) is 0 Å². The SMILES string of the molecule is CCCc1c(Cc2[nH]c(/C=C3\NC(=O)C(C)=C3CC)c(C)c2[C@@H](C)CC(=O)O)[nH]c(/C=C2\NC(=O)C(C)=C2CC)c1C. The minimum atomic E-state index is -0.839. The molecule has 0 spiro atoms. The van der Waals surface area contributed by atoms with Gasteiger partial charge in [-0.05, 0) is 98.4 Å². The van der Waals surface area contributed by atoms with Gasteiger partial charge in [0.05, 0.1) is 6.42 Å². The number of hydrogen-bond donors (Lipinski definition) is 5. The third-order valence-corrected chi connectivity index (χ3v) is 8.77. The first-order valence-electron chi connectivity index (χ1n) is 15.0. The van der Waals surface area contributed by atoms with Crippen LogP contribution in [-0.4, -0.2) is 32.9 Å². The van der Waals surface area contributed by atoms with Crippen molar-refractivity contribution in [1.29, 1.82) is 0 Å². The number of hydrogen-bond acceptors (Lipinski definition) is 3. The van der Waals surface area contributed by atoms with Crippen LogP contribution in [0.5, 0.6) is 0 Å². The number of carboxylic acids is 1. The largest absolute Gasteiger partial charge is 0.481 e. The summed E-state index contributed by atoms with van der Waals surface area (Å²) in [4.78, 5) is 43.7. The summed E-state index contributed by atoms with van der Waals surface area (Å²) in [5.74, 6) is -1.17. The molecule has 8 heteroatoms. The standard InChI is InChI=1S/C34H44N4O4/c1-9-12-24-18(5)25(14-27-22(10-2)19(6)33(41)37-27)35-29(24)16-30-32(17(4)13-31(39)40)21(8)26(36-30)15-28-23(11-3)20(7)34(42)38-28/h14-15,17,35-36H,9-13,16H2,1-8H3,(H,37,41)(H,38,42)(H,39,40)/b27-14-,28-15-/t17-/m0/s1. The number of rotatable bonds is 11. The molecule has 0 bridgehead atoms. The first-order valence-corrected chi connectivity index (χ1v) is 15.0. The second-order valence-electron chi connectivity index (χ2n) is 11.5. The lowest BCUT2D eigenvalue weighted by Crippen LogP contribution is -2.15. The molecule has 0 aromatic carbocycles. The van der Waals surface area contributed by atoms with E-state index in [0.717, 1.165) is 98.8 Å². The fraction of sp³-hybridized carbons (Fsp3) is 0.441. The smallest absolute Gasteiger partial charge is 0.303 e. The maximum absolute atomic E-state index is 12.4. The summed E-state index contributed by atoms with van der Waals surface area (Å²) in [6.45, 7) is 16.0. The van der Waals surface area contributed by atoms with E-state index in [1.807, 2.05) is 46.8 Å². The van der Waals surface area contributed by atoms with Gasteiger partial charge in [-0.2, -0.15) is 0 Å². The van der Waals surface area contributed by atoms with Gasteiger partial charge >= 0.3 is 5.97 Å². The first kappa shape index (κ1) is 30.9. The summed E-state index contributed by atoms with van der Waals surface area (Å²) in [6.07, 6.45) is 8.00. The van der Waals surface area contributed by atoms with Gasteiger partial charge < -0.3 is 25.7 Å². The van der Waals surface area contributed by atoms with Crippen molar-refractivity contribution in [1.82, 2.24) is 20.6 Å². The molecule has 2 aromatic rings. The van der Waals surface area contributed by atoms with Crippen molar-refractivity contribution in [2.45, 2.75) is 99.8 Å². The van der Waals surface area contributed by atoms with Gasteiger partial charge in [0.1, 0.15) is 0 Å². The van der Waals surface area contributed by atoms with Crippen LogP contribution in [0, 0.1) is 13.8 Å². The lowest BCUT2D eigenvalue weighted by molar-refractivity contribution is -0.137. The molecule has 2 aromatic heterocycles. The predicted molar refractivity (Wildman–Crippen MR) is 167 cm³/mol. The lowest BCUT2D eigenvalue weighted by Gasteiger charge is -2.13. The van der Waals surface area contributed by atoms with Crippen molar-refractivity contribution >= 4 is 29.9 Å². The topological polar surface area (TPSA) is 127 Å². The van der Waals surface area contributed by atoms with Gasteiger partial charge in [0.2, 0.25) is 0 Å². The number of aromatic nitrogens is 2. The summed E-state index contributed by atoms with van der Waals surface area (Å²) < 4.78 is 0. The van der Waals surface area contributed by atoms with E-state index in [-0.39, 0.29) is 24.2 Å². The van der Waals surface area contributed by atoms with Gasteiger partial charge in [0, 0.05) is 51.7 Å². The zero-order chi connectivity index (χ0) is 30.9. The van der Waals surface area contributed by atoms with E-state index in [1.54, 1.807) is 0 Å². The summed E-state index contributed by atoms with van der Waals surface area (Å²) in [5.41, 5.74) is 13.4. The minimum Gasteiger partial charge on any atom is -0.481 e. The zero-order valence-electron chi connectivity index (χ0n) is 26.1. The Morgan fingerprint density at radius 3 is 1.79 bits per heavy atom. The molecule has 2 aliphatic heterocycles. The molecule has 224 valence electrons. The molecule has 8 nitrogen and oxygen atoms in total. The Morgan fingerprint density at radius 1 is 0.810 bits per heavy atom. The Bertz CT molecular complexity index is 1570. The number of carbonyl (C=O) groups excluding carboxylic acids is 2. The monoisotopic (exact) mass is 572 g/mol. The highest BCUT2D eigenvalue weighted by Gasteiger charge is 2.27. The Labute approximate surface area is 248 Å². The molecular formula is C34H44N4O4. The molecular weight excluding hydrogens is 528 g/mol.